The third kappa shape index (κ3) is 3.99. The second-order valence-corrected chi connectivity index (χ2v) is 8.37. The number of anilines is 1. The molecule has 0 aliphatic rings. The average molecular weight is 389 g/mol. The second kappa shape index (κ2) is 6.98. The fraction of sp³-hybridized carbons (Fsp3) is 0.143. The Labute approximate surface area is 147 Å². The van der Waals surface area contributed by atoms with Crippen LogP contribution in [0.15, 0.2) is 46.2 Å². The minimum atomic E-state index is -4.11. The molecule has 0 aromatic heterocycles. The van der Waals surface area contributed by atoms with Crippen LogP contribution in [0, 0.1) is 17.0 Å². The van der Waals surface area contributed by atoms with E-state index in [1.54, 1.807) is 0 Å². The molecule has 1 N–H and O–H groups in total. The minimum Gasteiger partial charge on any atom is -0.612 e. The summed E-state index contributed by atoms with van der Waals surface area (Å²) in [6.45, 7) is 1.51. The van der Waals surface area contributed by atoms with Gasteiger partial charge in [0.1, 0.15) is 11.9 Å². The van der Waals surface area contributed by atoms with E-state index in [0.29, 0.717) is 5.56 Å². The summed E-state index contributed by atoms with van der Waals surface area (Å²) in [5, 5.41) is 11.2. The number of nitro groups is 1. The third-order valence-corrected chi connectivity index (χ3v) is 5.76. The largest absolute Gasteiger partial charge is 0.612 e. The maximum absolute atomic E-state index is 12.5. The van der Waals surface area contributed by atoms with E-state index in [2.05, 4.69) is 4.72 Å². The Balaban J connectivity index is 2.48. The standard InChI is InChI=1S/C14H13ClN2O5S2/c1-9-3-5-11(8-13(9)17(18)19)24(21,22)16-12-7-10(15)4-6-14(12)23(2)20/h3-8,16H,1-2H3. The number of nitro benzene ring substituents is 1. The van der Waals surface area contributed by atoms with Crippen molar-refractivity contribution in [3.63, 3.8) is 0 Å². The van der Waals surface area contributed by atoms with E-state index in [1.165, 1.54) is 43.5 Å². The number of hydrogen-bond donors (Lipinski definition) is 1. The van der Waals surface area contributed by atoms with Crippen molar-refractivity contribution < 1.29 is 17.9 Å². The Morgan fingerprint density at radius 1 is 1.21 bits per heavy atom. The number of sulfonamides is 1. The molecule has 0 saturated carbocycles. The smallest absolute Gasteiger partial charge is 0.273 e. The van der Waals surface area contributed by atoms with Gasteiger partial charge in [-0.25, -0.2) is 8.42 Å². The maximum atomic E-state index is 12.5. The summed E-state index contributed by atoms with van der Waals surface area (Å²) in [6.07, 6.45) is 1.40. The van der Waals surface area contributed by atoms with Gasteiger partial charge in [-0.1, -0.05) is 17.7 Å². The molecular weight excluding hydrogens is 376 g/mol. The molecule has 0 amide bonds. The average Bonchev–Trinajstić information content (AvgIpc) is 2.46. The van der Waals surface area contributed by atoms with Crippen molar-refractivity contribution in [3.8, 4) is 0 Å². The van der Waals surface area contributed by atoms with Gasteiger partial charge in [0, 0.05) is 16.7 Å². The van der Waals surface area contributed by atoms with Crippen LogP contribution in [-0.2, 0) is 21.2 Å². The van der Waals surface area contributed by atoms with Gasteiger partial charge in [-0.15, -0.1) is 0 Å². The van der Waals surface area contributed by atoms with Crippen LogP contribution in [0.3, 0.4) is 0 Å². The SMILES string of the molecule is Cc1ccc(S(=O)(=O)Nc2cc(Cl)ccc2[S+](C)[O-])cc1[N+](=O)[O-]. The molecular formula is C14H13ClN2O5S2. The van der Waals surface area contributed by atoms with Crippen LogP contribution in [-0.4, -0.2) is 24.1 Å². The molecule has 7 nitrogen and oxygen atoms in total. The van der Waals surface area contributed by atoms with Crippen LogP contribution in [0.4, 0.5) is 11.4 Å². The van der Waals surface area contributed by atoms with Crippen molar-refractivity contribution in [2.24, 2.45) is 0 Å². The van der Waals surface area contributed by atoms with Gasteiger partial charge >= 0.3 is 0 Å². The van der Waals surface area contributed by atoms with E-state index in [-0.39, 0.29) is 26.2 Å². The Morgan fingerprint density at radius 3 is 2.46 bits per heavy atom. The van der Waals surface area contributed by atoms with E-state index in [1.807, 2.05) is 0 Å². The molecule has 0 bridgehead atoms. The summed E-state index contributed by atoms with van der Waals surface area (Å²) in [4.78, 5) is 10.3. The van der Waals surface area contributed by atoms with Gasteiger partial charge in [0.2, 0.25) is 0 Å². The Kier molecular flexibility index (Phi) is 5.38. The number of halogens is 1. The van der Waals surface area contributed by atoms with E-state index in [9.17, 15) is 23.1 Å². The van der Waals surface area contributed by atoms with Crippen molar-refractivity contribution in [1.82, 2.24) is 0 Å². The second-order valence-electron chi connectivity index (χ2n) is 4.91. The lowest BCUT2D eigenvalue weighted by atomic mass is 10.2. The normalized spacial score (nSPS) is 12.7. The zero-order valence-corrected chi connectivity index (χ0v) is 15.0. The first-order chi connectivity index (χ1) is 11.1. The van der Waals surface area contributed by atoms with Crippen LogP contribution in [0.5, 0.6) is 0 Å². The van der Waals surface area contributed by atoms with Gasteiger partial charge < -0.3 is 4.55 Å². The number of aryl methyl sites for hydroxylation is 1. The van der Waals surface area contributed by atoms with E-state index < -0.39 is 26.1 Å². The van der Waals surface area contributed by atoms with E-state index in [4.69, 9.17) is 11.6 Å². The van der Waals surface area contributed by atoms with Crippen molar-refractivity contribution >= 4 is 44.2 Å². The predicted octanol–water partition coefficient (Wildman–Crippen LogP) is 3.09. The van der Waals surface area contributed by atoms with E-state index in [0.717, 1.165) is 6.07 Å². The Morgan fingerprint density at radius 2 is 1.88 bits per heavy atom. The summed E-state index contributed by atoms with van der Waals surface area (Å²) in [7, 11) is -4.11. The van der Waals surface area contributed by atoms with Gasteiger partial charge in [0.25, 0.3) is 15.7 Å². The van der Waals surface area contributed by atoms with Crippen molar-refractivity contribution in [2.75, 3.05) is 11.0 Å². The lowest BCUT2D eigenvalue weighted by Gasteiger charge is -2.13. The van der Waals surface area contributed by atoms with Gasteiger partial charge in [-0.05, 0) is 42.4 Å². The first-order valence-electron chi connectivity index (χ1n) is 6.52. The van der Waals surface area contributed by atoms with E-state index >= 15 is 0 Å². The topological polar surface area (TPSA) is 112 Å². The molecule has 1 atom stereocenters. The number of benzene rings is 2. The molecule has 0 saturated heterocycles. The lowest BCUT2D eigenvalue weighted by molar-refractivity contribution is -0.385. The van der Waals surface area contributed by atoms with Gasteiger partial charge in [-0.2, -0.15) is 0 Å². The number of nitrogens with one attached hydrogen (secondary N) is 1. The zero-order chi connectivity index (χ0) is 18.1. The molecule has 0 fully saturated rings. The summed E-state index contributed by atoms with van der Waals surface area (Å²) in [5.41, 5.74) is 0.104. The van der Waals surface area contributed by atoms with Gasteiger partial charge in [0.15, 0.2) is 4.90 Å². The summed E-state index contributed by atoms with van der Waals surface area (Å²) >= 11 is 4.41. The molecule has 0 aliphatic carbocycles. The summed E-state index contributed by atoms with van der Waals surface area (Å²) in [6, 6.07) is 7.87. The molecule has 2 rings (SSSR count). The molecule has 128 valence electrons. The highest BCUT2D eigenvalue weighted by atomic mass is 35.5. The number of rotatable bonds is 5. The van der Waals surface area contributed by atoms with Crippen LogP contribution in [0.1, 0.15) is 5.56 Å². The predicted molar refractivity (Wildman–Crippen MR) is 92.4 cm³/mol. The van der Waals surface area contributed by atoms with Gasteiger partial charge in [-0.3, -0.25) is 14.8 Å². The lowest BCUT2D eigenvalue weighted by Crippen LogP contribution is -2.15. The molecule has 24 heavy (non-hydrogen) atoms. The Hall–Kier alpha value is -1.81. The highest BCUT2D eigenvalue weighted by Gasteiger charge is 2.23. The maximum Gasteiger partial charge on any atom is 0.273 e. The van der Waals surface area contributed by atoms with Gasteiger partial charge in [0.05, 0.1) is 9.82 Å². The molecule has 2 aromatic rings. The number of nitrogens with zero attached hydrogens (tertiary/aromatic N) is 1. The quantitative estimate of drug-likeness (QED) is 0.480. The first-order valence-corrected chi connectivity index (χ1v) is 9.94. The molecule has 1 unspecified atom stereocenters. The minimum absolute atomic E-state index is 0.0616. The molecule has 0 aliphatic heterocycles. The summed E-state index contributed by atoms with van der Waals surface area (Å²) < 4.78 is 39.0. The molecule has 2 aromatic carbocycles. The highest BCUT2D eigenvalue weighted by molar-refractivity contribution is 7.93. The van der Waals surface area contributed by atoms with Crippen LogP contribution in [0.2, 0.25) is 5.02 Å². The molecule has 0 heterocycles. The fourth-order valence-electron chi connectivity index (χ4n) is 1.99. The third-order valence-electron chi connectivity index (χ3n) is 3.18. The fourth-order valence-corrected chi connectivity index (χ4v) is 4.00. The highest BCUT2D eigenvalue weighted by Crippen LogP contribution is 2.29. The number of hydrogen-bond acceptors (Lipinski definition) is 5. The van der Waals surface area contributed by atoms with Crippen LogP contribution in [0.25, 0.3) is 0 Å². The molecule has 0 spiro atoms. The van der Waals surface area contributed by atoms with Crippen molar-refractivity contribution in [1.29, 1.82) is 0 Å². The first kappa shape index (κ1) is 18.5. The van der Waals surface area contributed by atoms with Crippen molar-refractivity contribution in [3.05, 3.63) is 57.1 Å². The molecule has 10 heteroatoms. The van der Waals surface area contributed by atoms with Crippen LogP contribution < -0.4 is 4.72 Å². The Bertz CT molecular complexity index is 900. The monoisotopic (exact) mass is 388 g/mol. The van der Waals surface area contributed by atoms with Crippen LogP contribution >= 0.6 is 11.6 Å². The van der Waals surface area contributed by atoms with Crippen molar-refractivity contribution in [2.45, 2.75) is 16.7 Å². The zero-order valence-electron chi connectivity index (χ0n) is 12.6. The summed E-state index contributed by atoms with van der Waals surface area (Å²) in [5.74, 6) is 0. The molecule has 0 radical (unpaired) electrons.